The van der Waals surface area contributed by atoms with Crippen molar-refractivity contribution in [3.05, 3.63) is 60.2 Å². The average Bonchev–Trinajstić information content (AvgIpc) is 3.91. The number of piperidine rings is 1. The van der Waals surface area contributed by atoms with Crippen LogP contribution >= 0.6 is 0 Å². The molecule has 0 radical (unpaired) electrons. The standard InChI is InChI=1S/C53H73F3N10O7/c1-33(2)63(3)39-12-14-45(66-23-17-43(52(66)71)61-49-40-28-38(53(54,55)56)11-13-42(40)59-32-60-49)44(29-39)62-50(69)36-9-7-34(8-10-36)35-15-21-65(22-16-35)46(67)18-24-72-26-27-73-25-20-58-51(70)41-30-47(68)64(4)48(41)37-6-5-19-57-31-37/h5-6,11,13,19,28,31-36,39,41,43-45,48H,7-10,12,14-18,20-27,29-30H2,1-4H3,(H,58,70)(H,62,69)(H,59,60,61)/t34?,36?,39-,41+,43+,44-,45+,48-/m1/s1. The number of halogens is 3. The summed E-state index contributed by atoms with van der Waals surface area (Å²) in [6.07, 6.45) is 8.65. The summed E-state index contributed by atoms with van der Waals surface area (Å²) in [4.78, 5) is 87.0. The number of likely N-dealkylation sites (tertiary alicyclic amines) is 3. The molecule has 8 rings (SSSR count). The first-order chi connectivity index (χ1) is 35.1. The number of hydrogen-bond acceptors (Lipinski definition) is 12. The molecule has 1 aromatic carbocycles. The van der Waals surface area contributed by atoms with Gasteiger partial charge < -0.3 is 45.0 Å². The van der Waals surface area contributed by atoms with E-state index in [1.54, 1.807) is 30.4 Å². The Morgan fingerprint density at radius 1 is 0.877 bits per heavy atom. The van der Waals surface area contributed by atoms with Crippen molar-refractivity contribution in [2.75, 3.05) is 72.0 Å². The van der Waals surface area contributed by atoms with Gasteiger partial charge in [-0.3, -0.25) is 29.0 Å². The smallest absolute Gasteiger partial charge is 0.379 e. The predicted molar refractivity (Wildman–Crippen MR) is 266 cm³/mol. The maximum atomic E-state index is 14.1. The third kappa shape index (κ3) is 13.1. The molecule has 6 atom stereocenters. The lowest BCUT2D eigenvalue weighted by Gasteiger charge is -2.45. The monoisotopic (exact) mass is 1020 g/mol. The van der Waals surface area contributed by atoms with Crippen molar-refractivity contribution in [2.24, 2.45) is 23.7 Å². The molecule has 0 unspecified atom stereocenters. The molecule has 2 aromatic heterocycles. The summed E-state index contributed by atoms with van der Waals surface area (Å²) >= 11 is 0. The number of carbonyl (C=O) groups is 5. The number of benzene rings is 1. The summed E-state index contributed by atoms with van der Waals surface area (Å²) in [5, 5.41) is 9.68. The molecule has 17 nitrogen and oxygen atoms in total. The maximum Gasteiger partial charge on any atom is 0.416 e. The summed E-state index contributed by atoms with van der Waals surface area (Å²) in [6.45, 7) is 7.74. The van der Waals surface area contributed by atoms with E-state index in [9.17, 15) is 37.1 Å². The number of aromatic nitrogens is 3. The van der Waals surface area contributed by atoms with Crippen LogP contribution in [0.4, 0.5) is 19.0 Å². The minimum atomic E-state index is -4.54. The topological polar surface area (TPSA) is 192 Å². The Bertz CT molecular complexity index is 2380. The highest BCUT2D eigenvalue weighted by Crippen LogP contribution is 2.40. The third-order valence-corrected chi connectivity index (χ3v) is 16.4. The quantitative estimate of drug-likeness (QED) is 0.126. The molecule has 3 aromatic rings. The molecule has 3 saturated heterocycles. The summed E-state index contributed by atoms with van der Waals surface area (Å²) < 4.78 is 52.2. The Morgan fingerprint density at radius 2 is 1.62 bits per heavy atom. The Labute approximate surface area is 426 Å². The Balaban J connectivity index is 0.732. The zero-order valence-corrected chi connectivity index (χ0v) is 42.7. The maximum absolute atomic E-state index is 14.1. The number of fused-ring (bicyclic) bond motifs is 1. The Hall–Kier alpha value is -5.47. The number of nitrogens with zero attached hydrogens (tertiary/aromatic N) is 7. The first kappa shape index (κ1) is 53.8. The van der Waals surface area contributed by atoms with Crippen molar-refractivity contribution >= 4 is 46.3 Å². The van der Waals surface area contributed by atoms with E-state index < -0.39 is 23.7 Å². The van der Waals surface area contributed by atoms with Gasteiger partial charge in [0.2, 0.25) is 29.5 Å². The summed E-state index contributed by atoms with van der Waals surface area (Å²) in [7, 11) is 3.82. The third-order valence-electron chi connectivity index (χ3n) is 16.4. The summed E-state index contributed by atoms with van der Waals surface area (Å²) in [5.74, 6) is 0.254. The molecule has 2 aliphatic carbocycles. The van der Waals surface area contributed by atoms with Gasteiger partial charge in [0.1, 0.15) is 18.2 Å². The fourth-order valence-electron chi connectivity index (χ4n) is 12.0. The number of hydrogen-bond donors (Lipinski definition) is 3. The van der Waals surface area contributed by atoms with Gasteiger partial charge >= 0.3 is 6.18 Å². The van der Waals surface area contributed by atoms with E-state index in [1.165, 1.54) is 12.4 Å². The fraction of sp³-hybridized carbons (Fsp3) is 0.660. The van der Waals surface area contributed by atoms with E-state index in [-0.39, 0.29) is 77.2 Å². The van der Waals surface area contributed by atoms with E-state index in [1.807, 2.05) is 15.9 Å². The second-order valence-corrected chi connectivity index (χ2v) is 21.0. The van der Waals surface area contributed by atoms with Crippen LogP contribution in [0.2, 0.25) is 0 Å². The molecule has 3 aliphatic heterocycles. The molecule has 0 spiro atoms. The van der Waals surface area contributed by atoms with Gasteiger partial charge in [-0.05, 0) is 127 Å². The highest BCUT2D eigenvalue weighted by Gasteiger charge is 2.45. The molecule has 2 saturated carbocycles. The molecule has 3 N–H and O–H groups in total. The molecule has 398 valence electrons. The van der Waals surface area contributed by atoms with Crippen LogP contribution in [0.15, 0.2) is 49.1 Å². The summed E-state index contributed by atoms with van der Waals surface area (Å²) in [5.41, 5.74) is 0.354. The molecule has 73 heavy (non-hydrogen) atoms. The van der Waals surface area contributed by atoms with E-state index in [4.69, 9.17) is 9.47 Å². The molecular weight excluding hydrogens is 946 g/mol. The van der Waals surface area contributed by atoms with Crippen LogP contribution in [-0.2, 0) is 39.6 Å². The lowest BCUT2D eigenvalue weighted by Crippen LogP contribution is -2.59. The molecule has 5 heterocycles. The zero-order valence-electron chi connectivity index (χ0n) is 42.7. The van der Waals surface area contributed by atoms with Gasteiger partial charge in [-0.2, -0.15) is 13.2 Å². The fourth-order valence-corrected chi connectivity index (χ4v) is 12.0. The molecule has 20 heteroatoms. The summed E-state index contributed by atoms with van der Waals surface area (Å²) in [6, 6.07) is 6.02. The SMILES string of the molecule is CC(C)N(C)[C@@H]1CC[C@H](N2CC[C@H](Nc3ncnc4ccc(C(F)(F)F)cc34)C2=O)[C@H](NC(=O)C2CCC(C3CCN(C(=O)CCOCCOCCNC(=O)[C@H]4CC(=O)N(C)[C@@H]4c4cccnc4)CC3)CC2)C1. The number of ether oxygens (including phenoxy) is 2. The second-order valence-electron chi connectivity index (χ2n) is 21.0. The number of anilines is 1. The highest BCUT2D eigenvalue weighted by atomic mass is 19.4. The Kier molecular flexibility index (Phi) is 17.9. The largest absolute Gasteiger partial charge is 0.416 e. The van der Waals surface area contributed by atoms with Gasteiger partial charge in [0.05, 0.1) is 68.0 Å². The highest BCUT2D eigenvalue weighted by molar-refractivity contribution is 5.93. The zero-order chi connectivity index (χ0) is 51.8. The number of alkyl halides is 3. The average molecular weight is 1020 g/mol. The van der Waals surface area contributed by atoms with Gasteiger partial charge in [0.15, 0.2) is 0 Å². The van der Waals surface area contributed by atoms with E-state index in [0.29, 0.717) is 95.3 Å². The first-order valence-corrected chi connectivity index (χ1v) is 26.3. The number of rotatable bonds is 19. The van der Waals surface area contributed by atoms with Crippen molar-refractivity contribution in [3.63, 3.8) is 0 Å². The van der Waals surface area contributed by atoms with Crippen LogP contribution in [0.5, 0.6) is 0 Å². The lowest BCUT2D eigenvalue weighted by atomic mass is 9.72. The van der Waals surface area contributed by atoms with Gasteiger partial charge in [0, 0.05) is 75.4 Å². The van der Waals surface area contributed by atoms with E-state index in [0.717, 1.165) is 69.1 Å². The van der Waals surface area contributed by atoms with E-state index >= 15 is 0 Å². The lowest BCUT2D eigenvalue weighted by molar-refractivity contribution is -0.137. The minimum absolute atomic E-state index is 0.0384. The van der Waals surface area contributed by atoms with Crippen molar-refractivity contribution in [1.82, 2.24) is 45.2 Å². The van der Waals surface area contributed by atoms with Crippen LogP contribution in [0.25, 0.3) is 10.9 Å². The number of carbonyl (C=O) groups excluding carboxylic acids is 5. The van der Waals surface area contributed by atoms with Gasteiger partial charge in [-0.25, -0.2) is 9.97 Å². The van der Waals surface area contributed by atoms with Gasteiger partial charge in [-0.1, -0.05) is 6.07 Å². The normalized spacial score (nSPS) is 26.3. The van der Waals surface area contributed by atoms with Crippen molar-refractivity contribution in [1.29, 1.82) is 0 Å². The van der Waals surface area contributed by atoms with Crippen LogP contribution in [-0.4, -0.2) is 161 Å². The van der Waals surface area contributed by atoms with Gasteiger partial charge in [0.25, 0.3) is 0 Å². The molecule has 5 aliphatic rings. The molecule has 0 bridgehead atoms. The van der Waals surface area contributed by atoms with Crippen LogP contribution < -0.4 is 16.0 Å². The van der Waals surface area contributed by atoms with Crippen LogP contribution in [0.1, 0.15) is 108 Å². The molecular formula is C53H73F3N10O7. The number of pyridine rings is 1. The number of nitrogens with one attached hydrogen (secondary N) is 3. The van der Waals surface area contributed by atoms with Crippen molar-refractivity contribution in [3.8, 4) is 0 Å². The van der Waals surface area contributed by atoms with Gasteiger partial charge in [-0.15, -0.1) is 0 Å². The second kappa shape index (κ2) is 24.3. The van der Waals surface area contributed by atoms with E-state index in [2.05, 4.69) is 56.7 Å². The van der Waals surface area contributed by atoms with Crippen LogP contribution in [0, 0.1) is 23.7 Å². The molecule has 5 fully saturated rings. The van der Waals surface area contributed by atoms with Crippen LogP contribution in [0.3, 0.4) is 0 Å². The molecule has 5 amide bonds. The predicted octanol–water partition coefficient (Wildman–Crippen LogP) is 5.61. The minimum Gasteiger partial charge on any atom is -0.379 e. The van der Waals surface area contributed by atoms with Crippen molar-refractivity contribution < 1.29 is 46.6 Å². The Morgan fingerprint density at radius 3 is 2.33 bits per heavy atom. The first-order valence-electron chi connectivity index (χ1n) is 26.3. The van der Waals surface area contributed by atoms with Crippen molar-refractivity contribution in [2.45, 2.75) is 133 Å². The number of amides is 5.